The Hall–Kier alpha value is -1.51. The van der Waals surface area contributed by atoms with Crippen molar-refractivity contribution in [3.8, 4) is 5.75 Å². The quantitative estimate of drug-likeness (QED) is 0.246. The average molecular weight is 528 g/mol. The Balaban J connectivity index is 0.00000320. The van der Waals surface area contributed by atoms with Crippen LogP contribution in [-0.2, 0) is 4.79 Å². The lowest BCUT2D eigenvalue weighted by Gasteiger charge is -2.21. The largest absolute Gasteiger partial charge is 0.493 e. The monoisotopic (exact) mass is 528 g/mol. The minimum Gasteiger partial charge on any atom is -0.493 e. The summed E-state index contributed by atoms with van der Waals surface area (Å²) in [6.45, 7) is 7.26. The zero-order chi connectivity index (χ0) is 20.6. The van der Waals surface area contributed by atoms with E-state index in [0.717, 1.165) is 57.0 Å². The highest BCUT2D eigenvalue weighted by Crippen LogP contribution is 2.28. The number of likely N-dealkylation sites (tertiary alicyclic amines) is 1. The molecule has 2 N–H and O–H groups in total. The van der Waals surface area contributed by atoms with Crippen LogP contribution in [0.2, 0.25) is 0 Å². The van der Waals surface area contributed by atoms with Crippen molar-refractivity contribution in [2.45, 2.75) is 58.4 Å². The number of rotatable bonds is 7. The second-order valence-corrected chi connectivity index (χ2v) is 8.32. The molecule has 7 heteroatoms. The molecule has 30 heavy (non-hydrogen) atoms. The molecule has 1 aliphatic carbocycles. The number of carbonyl (C=O) groups is 1. The normalized spacial score (nSPS) is 19.5. The van der Waals surface area contributed by atoms with Gasteiger partial charge in [-0.25, -0.2) is 0 Å². The lowest BCUT2D eigenvalue weighted by atomic mass is 10.1. The van der Waals surface area contributed by atoms with Crippen molar-refractivity contribution in [2.24, 2.45) is 10.9 Å². The third kappa shape index (κ3) is 6.75. The van der Waals surface area contributed by atoms with Gasteiger partial charge in [0.15, 0.2) is 5.96 Å². The van der Waals surface area contributed by atoms with Gasteiger partial charge in [0.25, 0.3) is 0 Å². The van der Waals surface area contributed by atoms with Crippen LogP contribution in [0.1, 0.15) is 49.7 Å². The van der Waals surface area contributed by atoms with Crippen molar-refractivity contribution in [2.75, 3.05) is 33.3 Å². The Morgan fingerprint density at radius 1 is 1.20 bits per heavy atom. The smallest absolute Gasteiger partial charge is 0.225 e. The predicted octanol–water partition coefficient (Wildman–Crippen LogP) is 3.65. The minimum absolute atomic E-state index is 0. The van der Waals surface area contributed by atoms with E-state index in [0.29, 0.717) is 12.5 Å². The first-order chi connectivity index (χ1) is 14.1. The number of aryl methyl sites for hydroxylation is 2. The summed E-state index contributed by atoms with van der Waals surface area (Å²) in [5.41, 5.74) is 2.35. The highest BCUT2D eigenvalue weighted by Gasteiger charge is 2.32. The molecule has 3 rings (SSSR count). The molecule has 1 atom stereocenters. The first-order valence-electron chi connectivity index (χ1n) is 11.0. The fourth-order valence-electron chi connectivity index (χ4n) is 4.38. The van der Waals surface area contributed by atoms with Gasteiger partial charge < -0.3 is 20.3 Å². The molecule has 1 amide bonds. The van der Waals surface area contributed by atoms with Gasteiger partial charge in [0.1, 0.15) is 5.75 Å². The summed E-state index contributed by atoms with van der Waals surface area (Å²) in [6, 6.07) is 6.49. The number of guanidine groups is 1. The van der Waals surface area contributed by atoms with E-state index in [2.05, 4.69) is 47.7 Å². The molecule has 2 aliphatic rings. The Morgan fingerprint density at radius 3 is 2.57 bits per heavy atom. The van der Waals surface area contributed by atoms with Crippen molar-refractivity contribution < 1.29 is 9.53 Å². The molecule has 1 aromatic rings. The number of benzene rings is 1. The van der Waals surface area contributed by atoms with Crippen LogP contribution in [0.4, 0.5) is 0 Å². The first kappa shape index (κ1) is 24.8. The summed E-state index contributed by atoms with van der Waals surface area (Å²) in [5.74, 6) is 2.42. The Kier molecular flexibility index (Phi) is 10.2. The van der Waals surface area contributed by atoms with Crippen LogP contribution in [0.5, 0.6) is 5.75 Å². The fourth-order valence-corrected chi connectivity index (χ4v) is 4.38. The molecule has 6 nitrogen and oxygen atoms in total. The SMILES string of the molecule is CN=C(NCCCOc1c(C)cccc1C)NC1CCN(C(=O)C2CCCC2)C1.I. The standard InChI is InChI=1S/C23H36N4O2.HI/c1-17-8-6-9-18(2)21(17)29-15-7-13-25-23(24-3)26-20-12-14-27(16-20)22(28)19-10-4-5-11-19;/h6,8-9,19-20H,4-5,7,10-16H2,1-3H3,(H2,24,25,26);1H. The van der Waals surface area contributed by atoms with Crippen LogP contribution in [0, 0.1) is 19.8 Å². The van der Waals surface area contributed by atoms with E-state index in [1.165, 1.54) is 24.0 Å². The van der Waals surface area contributed by atoms with E-state index in [9.17, 15) is 4.79 Å². The summed E-state index contributed by atoms with van der Waals surface area (Å²) >= 11 is 0. The maximum atomic E-state index is 12.6. The highest BCUT2D eigenvalue weighted by molar-refractivity contribution is 14.0. The zero-order valence-electron chi connectivity index (χ0n) is 18.6. The summed E-state index contributed by atoms with van der Waals surface area (Å²) in [6.07, 6.45) is 6.42. The van der Waals surface area contributed by atoms with Gasteiger partial charge in [-0.3, -0.25) is 9.79 Å². The number of amides is 1. The van der Waals surface area contributed by atoms with Gasteiger partial charge in [0.05, 0.1) is 6.61 Å². The molecule has 1 aliphatic heterocycles. The Labute approximate surface area is 198 Å². The van der Waals surface area contributed by atoms with Crippen LogP contribution in [-0.4, -0.2) is 56.1 Å². The number of aliphatic imine (C=N–C) groups is 1. The van der Waals surface area contributed by atoms with E-state index >= 15 is 0 Å². The number of ether oxygens (including phenoxy) is 1. The predicted molar refractivity (Wildman–Crippen MR) is 133 cm³/mol. The van der Waals surface area contributed by atoms with Crippen LogP contribution in [0.25, 0.3) is 0 Å². The number of halogens is 1. The number of hydrogen-bond acceptors (Lipinski definition) is 3. The first-order valence-corrected chi connectivity index (χ1v) is 11.0. The average Bonchev–Trinajstić information content (AvgIpc) is 3.40. The van der Waals surface area contributed by atoms with Crippen molar-refractivity contribution >= 4 is 35.8 Å². The number of carbonyl (C=O) groups excluding carboxylic acids is 1. The summed E-state index contributed by atoms with van der Waals surface area (Å²) in [5, 5.41) is 6.84. The van der Waals surface area contributed by atoms with E-state index in [1.807, 2.05) is 4.90 Å². The van der Waals surface area contributed by atoms with Crippen LogP contribution >= 0.6 is 24.0 Å². The molecule has 0 radical (unpaired) electrons. The zero-order valence-corrected chi connectivity index (χ0v) is 20.9. The molecule has 1 unspecified atom stereocenters. The second-order valence-electron chi connectivity index (χ2n) is 8.32. The lowest BCUT2D eigenvalue weighted by molar-refractivity contribution is -0.134. The van der Waals surface area contributed by atoms with Crippen molar-refractivity contribution in [3.05, 3.63) is 29.3 Å². The van der Waals surface area contributed by atoms with Crippen molar-refractivity contribution in [1.82, 2.24) is 15.5 Å². The maximum Gasteiger partial charge on any atom is 0.225 e. The van der Waals surface area contributed by atoms with Crippen LogP contribution in [0.3, 0.4) is 0 Å². The Morgan fingerprint density at radius 2 is 1.90 bits per heavy atom. The summed E-state index contributed by atoms with van der Waals surface area (Å²) < 4.78 is 5.96. The third-order valence-corrected chi connectivity index (χ3v) is 6.04. The Bertz CT molecular complexity index is 699. The molecule has 1 saturated heterocycles. The fraction of sp³-hybridized carbons (Fsp3) is 0.652. The van der Waals surface area contributed by atoms with Gasteiger partial charge in [-0.1, -0.05) is 31.0 Å². The van der Waals surface area contributed by atoms with Gasteiger partial charge in [-0.05, 0) is 50.7 Å². The molecule has 1 heterocycles. The summed E-state index contributed by atoms with van der Waals surface area (Å²) in [7, 11) is 1.79. The molecule has 2 fully saturated rings. The van der Waals surface area contributed by atoms with Crippen molar-refractivity contribution in [1.29, 1.82) is 0 Å². The summed E-state index contributed by atoms with van der Waals surface area (Å²) in [4.78, 5) is 19.0. The van der Waals surface area contributed by atoms with Gasteiger partial charge >= 0.3 is 0 Å². The van der Waals surface area contributed by atoms with E-state index in [-0.39, 0.29) is 35.9 Å². The molecule has 0 aromatic heterocycles. The maximum absolute atomic E-state index is 12.6. The highest BCUT2D eigenvalue weighted by atomic mass is 127. The van der Waals surface area contributed by atoms with E-state index < -0.39 is 0 Å². The molecule has 1 aromatic carbocycles. The third-order valence-electron chi connectivity index (χ3n) is 6.04. The molecule has 0 bridgehead atoms. The lowest BCUT2D eigenvalue weighted by Crippen LogP contribution is -2.45. The molecule has 1 saturated carbocycles. The molecular formula is C23H37IN4O2. The van der Waals surface area contributed by atoms with Crippen LogP contribution in [0.15, 0.2) is 23.2 Å². The second kappa shape index (κ2) is 12.4. The van der Waals surface area contributed by atoms with Gasteiger partial charge in [0, 0.05) is 38.6 Å². The molecular weight excluding hydrogens is 491 g/mol. The van der Waals surface area contributed by atoms with Crippen molar-refractivity contribution in [3.63, 3.8) is 0 Å². The number of para-hydroxylation sites is 1. The number of nitrogens with zero attached hydrogens (tertiary/aromatic N) is 2. The van der Waals surface area contributed by atoms with Gasteiger partial charge in [-0.2, -0.15) is 0 Å². The van der Waals surface area contributed by atoms with Gasteiger partial charge in [0.2, 0.25) is 5.91 Å². The van der Waals surface area contributed by atoms with E-state index in [1.54, 1.807) is 7.05 Å². The number of hydrogen-bond donors (Lipinski definition) is 2. The van der Waals surface area contributed by atoms with Gasteiger partial charge in [-0.15, -0.1) is 24.0 Å². The molecule has 168 valence electrons. The van der Waals surface area contributed by atoms with Crippen LogP contribution < -0.4 is 15.4 Å². The topological polar surface area (TPSA) is 66.0 Å². The minimum atomic E-state index is 0. The molecule has 0 spiro atoms. The number of nitrogens with one attached hydrogen (secondary N) is 2. The van der Waals surface area contributed by atoms with E-state index in [4.69, 9.17) is 4.74 Å².